The summed E-state index contributed by atoms with van der Waals surface area (Å²) in [4.78, 5) is 0. The topological polar surface area (TPSA) is 94.6 Å². The number of methoxy groups -OCH3 is 2. The Morgan fingerprint density at radius 2 is 1.25 bits per heavy atom. The van der Waals surface area contributed by atoms with Gasteiger partial charge < -0.3 is 31.6 Å². The SMILES string of the molecule is COc1c(N)c2c(c(N)c1OC)NCCN2. The van der Waals surface area contributed by atoms with E-state index in [4.69, 9.17) is 20.9 Å². The summed E-state index contributed by atoms with van der Waals surface area (Å²) in [6, 6.07) is 0. The molecule has 1 aromatic carbocycles. The lowest BCUT2D eigenvalue weighted by Crippen LogP contribution is -2.23. The van der Waals surface area contributed by atoms with Gasteiger partial charge in [0.1, 0.15) is 11.4 Å². The van der Waals surface area contributed by atoms with Gasteiger partial charge in [0.2, 0.25) is 0 Å². The summed E-state index contributed by atoms with van der Waals surface area (Å²) in [7, 11) is 3.08. The third-order valence-corrected chi connectivity index (χ3v) is 2.62. The molecule has 0 atom stereocenters. The number of anilines is 4. The highest BCUT2D eigenvalue weighted by Crippen LogP contribution is 2.50. The molecule has 16 heavy (non-hydrogen) atoms. The van der Waals surface area contributed by atoms with Crippen molar-refractivity contribution in [3.05, 3.63) is 0 Å². The van der Waals surface area contributed by atoms with Crippen LogP contribution in [0.1, 0.15) is 0 Å². The summed E-state index contributed by atoms with van der Waals surface area (Å²) in [5, 5.41) is 6.39. The van der Waals surface area contributed by atoms with E-state index in [1.165, 1.54) is 14.2 Å². The van der Waals surface area contributed by atoms with Gasteiger partial charge in [-0.3, -0.25) is 0 Å². The van der Waals surface area contributed by atoms with Gasteiger partial charge in [0.15, 0.2) is 11.5 Å². The number of hydrogen-bond acceptors (Lipinski definition) is 6. The number of nitrogens with two attached hydrogens (primary N) is 2. The summed E-state index contributed by atoms with van der Waals surface area (Å²) < 4.78 is 10.4. The number of nitrogen functional groups attached to an aromatic ring is 2. The molecule has 1 heterocycles. The lowest BCUT2D eigenvalue weighted by molar-refractivity contribution is 0.358. The van der Waals surface area contributed by atoms with Crippen LogP contribution < -0.4 is 31.6 Å². The van der Waals surface area contributed by atoms with E-state index in [2.05, 4.69) is 10.6 Å². The third-order valence-electron chi connectivity index (χ3n) is 2.62. The van der Waals surface area contributed by atoms with Gasteiger partial charge in [0, 0.05) is 13.1 Å². The van der Waals surface area contributed by atoms with Gasteiger partial charge in [-0.05, 0) is 0 Å². The standard InChI is InChI=1S/C10H16N4O2/c1-15-9-5(11)7-8(14-4-3-13-7)6(12)10(9)16-2/h13-14H,3-4,11-12H2,1-2H3. The molecule has 0 aromatic heterocycles. The molecule has 6 N–H and O–H groups in total. The molecule has 88 valence electrons. The minimum Gasteiger partial charge on any atom is -0.491 e. The lowest BCUT2D eigenvalue weighted by Gasteiger charge is -2.26. The van der Waals surface area contributed by atoms with Crippen LogP contribution >= 0.6 is 0 Å². The van der Waals surface area contributed by atoms with Crippen LogP contribution in [-0.4, -0.2) is 27.3 Å². The molecule has 6 nitrogen and oxygen atoms in total. The number of nitrogens with one attached hydrogen (secondary N) is 2. The van der Waals surface area contributed by atoms with Crippen LogP contribution in [0.5, 0.6) is 11.5 Å². The Hall–Kier alpha value is -1.98. The first-order chi connectivity index (χ1) is 7.70. The van der Waals surface area contributed by atoms with Crippen molar-refractivity contribution in [3.63, 3.8) is 0 Å². The van der Waals surface area contributed by atoms with Crippen molar-refractivity contribution in [3.8, 4) is 11.5 Å². The molecule has 6 heteroatoms. The molecule has 0 spiro atoms. The molecule has 1 aliphatic heterocycles. The molecule has 0 aliphatic carbocycles. The van der Waals surface area contributed by atoms with Crippen molar-refractivity contribution < 1.29 is 9.47 Å². The van der Waals surface area contributed by atoms with Crippen molar-refractivity contribution in [2.45, 2.75) is 0 Å². The zero-order valence-electron chi connectivity index (χ0n) is 9.39. The maximum Gasteiger partial charge on any atom is 0.188 e. The Kier molecular flexibility index (Phi) is 2.55. The summed E-state index contributed by atoms with van der Waals surface area (Å²) in [6.07, 6.45) is 0. The van der Waals surface area contributed by atoms with E-state index in [9.17, 15) is 0 Å². The van der Waals surface area contributed by atoms with E-state index in [-0.39, 0.29) is 0 Å². The van der Waals surface area contributed by atoms with Gasteiger partial charge in [-0.25, -0.2) is 0 Å². The Morgan fingerprint density at radius 3 is 1.56 bits per heavy atom. The average Bonchev–Trinajstić information content (AvgIpc) is 2.33. The van der Waals surface area contributed by atoms with Crippen molar-refractivity contribution in [2.75, 3.05) is 49.4 Å². The van der Waals surface area contributed by atoms with Crippen molar-refractivity contribution in [2.24, 2.45) is 0 Å². The molecule has 0 saturated heterocycles. The van der Waals surface area contributed by atoms with Gasteiger partial charge in [-0.2, -0.15) is 0 Å². The third kappa shape index (κ3) is 1.34. The predicted octanol–water partition coefficient (Wildman–Crippen LogP) is 0.706. The Morgan fingerprint density at radius 1 is 0.875 bits per heavy atom. The Labute approximate surface area is 93.9 Å². The summed E-state index contributed by atoms with van der Waals surface area (Å²) in [5.74, 6) is 0.935. The van der Waals surface area contributed by atoms with Crippen LogP contribution in [0.2, 0.25) is 0 Å². The van der Waals surface area contributed by atoms with Gasteiger partial charge >= 0.3 is 0 Å². The normalized spacial score (nSPS) is 13.4. The number of hydrogen-bond donors (Lipinski definition) is 4. The van der Waals surface area contributed by atoms with E-state index in [1.54, 1.807) is 0 Å². The molecule has 0 bridgehead atoms. The fourth-order valence-electron chi connectivity index (χ4n) is 1.89. The van der Waals surface area contributed by atoms with E-state index < -0.39 is 0 Å². The Balaban J connectivity index is 2.69. The predicted molar refractivity (Wildman–Crippen MR) is 65.4 cm³/mol. The largest absolute Gasteiger partial charge is 0.491 e. The second-order valence-corrected chi connectivity index (χ2v) is 3.50. The lowest BCUT2D eigenvalue weighted by atomic mass is 10.1. The van der Waals surface area contributed by atoms with Crippen LogP contribution in [-0.2, 0) is 0 Å². The van der Waals surface area contributed by atoms with Crippen LogP contribution in [0, 0.1) is 0 Å². The molecular formula is C10H16N4O2. The van der Waals surface area contributed by atoms with E-state index in [0.29, 0.717) is 22.9 Å². The van der Waals surface area contributed by atoms with Gasteiger partial charge in [-0.1, -0.05) is 0 Å². The average molecular weight is 224 g/mol. The van der Waals surface area contributed by atoms with Crippen LogP contribution in [0.15, 0.2) is 0 Å². The summed E-state index contributed by atoms with van der Waals surface area (Å²) in [6.45, 7) is 1.60. The maximum atomic E-state index is 6.00. The van der Waals surface area contributed by atoms with E-state index >= 15 is 0 Å². The highest BCUT2D eigenvalue weighted by atomic mass is 16.5. The first-order valence-corrected chi connectivity index (χ1v) is 5.01. The maximum absolute atomic E-state index is 6.00. The number of benzene rings is 1. The quantitative estimate of drug-likeness (QED) is 0.553. The molecule has 1 aromatic rings. The molecule has 0 saturated carbocycles. The monoisotopic (exact) mass is 224 g/mol. The second kappa shape index (κ2) is 3.88. The summed E-state index contributed by atoms with van der Waals surface area (Å²) >= 11 is 0. The van der Waals surface area contributed by atoms with E-state index in [1.807, 2.05) is 0 Å². The smallest absolute Gasteiger partial charge is 0.188 e. The van der Waals surface area contributed by atoms with Gasteiger partial charge in [-0.15, -0.1) is 0 Å². The van der Waals surface area contributed by atoms with Crippen molar-refractivity contribution in [1.29, 1.82) is 0 Å². The Bertz CT molecular complexity index is 364. The second-order valence-electron chi connectivity index (χ2n) is 3.50. The van der Waals surface area contributed by atoms with Crippen molar-refractivity contribution >= 4 is 22.7 Å². The molecule has 2 rings (SSSR count). The van der Waals surface area contributed by atoms with Gasteiger partial charge in [0.25, 0.3) is 0 Å². The first-order valence-electron chi connectivity index (χ1n) is 5.01. The minimum absolute atomic E-state index is 0.468. The van der Waals surface area contributed by atoms with Crippen LogP contribution in [0.4, 0.5) is 22.7 Å². The molecule has 0 amide bonds. The molecule has 0 unspecified atom stereocenters. The number of fused-ring (bicyclic) bond motifs is 1. The minimum atomic E-state index is 0.468. The summed E-state index contributed by atoms with van der Waals surface area (Å²) in [5.41, 5.74) is 14.6. The highest BCUT2D eigenvalue weighted by molar-refractivity contribution is 5.98. The highest BCUT2D eigenvalue weighted by Gasteiger charge is 2.24. The van der Waals surface area contributed by atoms with Gasteiger partial charge in [0.05, 0.1) is 25.6 Å². The van der Waals surface area contributed by atoms with Crippen LogP contribution in [0.3, 0.4) is 0 Å². The zero-order valence-corrected chi connectivity index (χ0v) is 9.39. The fraction of sp³-hybridized carbons (Fsp3) is 0.400. The molecule has 1 aliphatic rings. The number of rotatable bonds is 2. The zero-order chi connectivity index (χ0) is 11.7. The van der Waals surface area contributed by atoms with Crippen molar-refractivity contribution in [1.82, 2.24) is 0 Å². The molecule has 0 radical (unpaired) electrons. The van der Waals surface area contributed by atoms with Crippen LogP contribution in [0.25, 0.3) is 0 Å². The molecule has 0 fully saturated rings. The first kappa shape index (κ1) is 10.5. The van der Waals surface area contributed by atoms with E-state index in [0.717, 1.165) is 24.5 Å². The fourth-order valence-corrected chi connectivity index (χ4v) is 1.89. The molecular weight excluding hydrogens is 208 g/mol. The number of ether oxygens (including phenoxy) is 2.